The maximum absolute atomic E-state index is 13.1. The molecule has 8 heteroatoms. The van der Waals surface area contributed by atoms with E-state index in [0.29, 0.717) is 45.6 Å². The summed E-state index contributed by atoms with van der Waals surface area (Å²) in [7, 11) is 0. The van der Waals surface area contributed by atoms with Gasteiger partial charge in [-0.3, -0.25) is 9.59 Å². The minimum absolute atomic E-state index is 0.0560. The molecular formula is C19H25FN2O5. The van der Waals surface area contributed by atoms with Crippen molar-refractivity contribution < 1.29 is 28.6 Å². The number of hydrogen-bond donors (Lipinski definition) is 2. The molecule has 27 heavy (non-hydrogen) atoms. The second-order valence-corrected chi connectivity index (χ2v) is 6.94. The van der Waals surface area contributed by atoms with E-state index in [9.17, 15) is 19.1 Å². The molecule has 0 aromatic heterocycles. The number of hydrogen-bond acceptors (Lipinski definition) is 5. The van der Waals surface area contributed by atoms with Gasteiger partial charge in [0.25, 0.3) is 5.91 Å². The van der Waals surface area contributed by atoms with Gasteiger partial charge in [-0.05, 0) is 31.4 Å². The third-order valence-electron chi connectivity index (χ3n) is 5.00. The molecule has 1 saturated heterocycles. The number of morpholine rings is 1. The zero-order chi connectivity index (χ0) is 19.2. The average molecular weight is 380 g/mol. The van der Waals surface area contributed by atoms with Gasteiger partial charge in [0.05, 0.1) is 25.4 Å². The molecule has 1 aliphatic heterocycles. The summed E-state index contributed by atoms with van der Waals surface area (Å²) in [5, 5.41) is 12.9. The number of carbonyl (C=O) groups excluding carboxylic acids is 2. The summed E-state index contributed by atoms with van der Waals surface area (Å²) >= 11 is 0. The molecule has 148 valence electrons. The van der Waals surface area contributed by atoms with Crippen LogP contribution in [0.2, 0.25) is 0 Å². The van der Waals surface area contributed by atoms with Crippen molar-refractivity contribution in [2.75, 3.05) is 32.9 Å². The molecule has 3 rings (SSSR count). The highest BCUT2D eigenvalue weighted by Gasteiger charge is 2.36. The van der Waals surface area contributed by atoms with Crippen molar-refractivity contribution in [2.45, 2.75) is 31.4 Å². The lowest BCUT2D eigenvalue weighted by Gasteiger charge is -2.36. The summed E-state index contributed by atoms with van der Waals surface area (Å²) in [5.41, 5.74) is 0. The number of amides is 2. The van der Waals surface area contributed by atoms with Gasteiger partial charge in [0.2, 0.25) is 5.91 Å². The fourth-order valence-electron chi connectivity index (χ4n) is 3.53. The summed E-state index contributed by atoms with van der Waals surface area (Å²) in [5.74, 6) is -0.765. The highest BCUT2D eigenvalue weighted by atomic mass is 19.1. The Morgan fingerprint density at radius 3 is 2.81 bits per heavy atom. The monoisotopic (exact) mass is 380 g/mol. The molecule has 1 saturated carbocycles. The predicted octanol–water partition coefficient (Wildman–Crippen LogP) is 0.709. The Labute approximate surface area is 157 Å². The first kappa shape index (κ1) is 19.6. The summed E-state index contributed by atoms with van der Waals surface area (Å²) in [4.78, 5) is 26.6. The summed E-state index contributed by atoms with van der Waals surface area (Å²) in [6, 6.07) is 5.03. The van der Waals surface area contributed by atoms with E-state index in [0.717, 1.165) is 0 Å². The molecule has 0 spiro atoms. The second-order valence-electron chi connectivity index (χ2n) is 6.94. The van der Waals surface area contributed by atoms with Crippen LogP contribution in [0.4, 0.5) is 4.39 Å². The molecule has 0 unspecified atom stereocenters. The number of carbonyl (C=O) groups is 2. The Morgan fingerprint density at radius 1 is 1.30 bits per heavy atom. The van der Waals surface area contributed by atoms with Gasteiger partial charge in [-0.1, -0.05) is 6.07 Å². The van der Waals surface area contributed by atoms with Gasteiger partial charge in [-0.25, -0.2) is 4.39 Å². The van der Waals surface area contributed by atoms with E-state index < -0.39 is 23.9 Å². The van der Waals surface area contributed by atoms with E-state index in [-0.39, 0.29) is 24.2 Å². The van der Waals surface area contributed by atoms with Crippen molar-refractivity contribution in [3.05, 3.63) is 30.1 Å². The van der Waals surface area contributed by atoms with Crippen molar-refractivity contribution in [1.82, 2.24) is 10.2 Å². The van der Waals surface area contributed by atoms with Crippen LogP contribution < -0.4 is 10.1 Å². The van der Waals surface area contributed by atoms with Crippen LogP contribution in [0.5, 0.6) is 5.75 Å². The van der Waals surface area contributed by atoms with Gasteiger partial charge in [-0.2, -0.15) is 0 Å². The summed E-state index contributed by atoms with van der Waals surface area (Å²) in [6.07, 6.45) is 0.750. The van der Waals surface area contributed by atoms with Crippen molar-refractivity contribution in [3.63, 3.8) is 0 Å². The van der Waals surface area contributed by atoms with Crippen LogP contribution in [-0.4, -0.2) is 66.9 Å². The molecule has 1 heterocycles. The van der Waals surface area contributed by atoms with Crippen LogP contribution in [0, 0.1) is 11.7 Å². The number of rotatable bonds is 5. The Balaban J connectivity index is 1.50. The van der Waals surface area contributed by atoms with Crippen LogP contribution in [0.15, 0.2) is 24.3 Å². The Kier molecular flexibility index (Phi) is 6.63. The molecule has 0 bridgehead atoms. The number of aliphatic hydroxyl groups is 1. The number of ether oxygens (including phenoxy) is 2. The van der Waals surface area contributed by atoms with Crippen molar-refractivity contribution in [3.8, 4) is 5.75 Å². The van der Waals surface area contributed by atoms with Crippen LogP contribution in [0.1, 0.15) is 19.3 Å². The maximum Gasteiger partial charge on any atom is 0.258 e. The molecule has 1 aromatic rings. The zero-order valence-corrected chi connectivity index (χ0v) is 15.1. The van der Waals surface area contributed by atoms with Crippen LogP contribution in [-0.2, 0) is 14.3 Å². The van der Waals surface area contributed by atoms with Crippen LogP contribution in [0.3, 0.4) is 0 Å². The number of nitrogens with one attached hydrogen (secondary N) is 1. The largest absolute Gasteiger partial charge is 0.484 e. The molecule has 2 aliphatic rings. The van der Waals surface area contributed by atoms with E-state index in [2.05, 4.69) is 5.32 Å². The minimum Gasteiger partial charge on any atom is -0.484 e. The van der Waals surface area contributed by atoms with Gasteiger partial charge in [-0.15, -0.1) is 0 Å². The van der Waals surface area contributed by atoms with Crippen LogP contribution in [0.25, 0.3) is 0 Å². The van der Waals surface area contributed by atoms with E-state index in [1.54, 1.807) is 11.0 Å². The first-order valence-electron chi connectivity index (χ1n) is 9.25. The first-order valence-corrected chi connectivity index (χ1v) is 9.25. The summed E-state index contributed by atoms with van der Waals surface area (Å²) in [6.45, 7) is 1.96. The zero-order valence-electron chi connectivity index (χ0n) is 15.1. The molecule has 1 aliphatic carbocycles. The van der Waals surface area contributed by atoms with Crippen LogP contribution >= 0.6 is 0 Å². The average Bonchev–Trinajstić information content (AvgIpc) is 2.68. The third kappa shape index (κ3) is 5.40. The molecule has 0 radical (unpaired) electrons. The number of nitrogens with zero attached hydrogens (tertiary/aromatic N) is 1. The van der Waals surface area contributed by atoms with Gasteiger partial charge < -0.3 is 24.8 Å². The smallest absolute Gasteiger partial charge is 0.258 e. The van der Waals surface area contributed by atoms with Gasteiger partial charge in [0.15, 0.2) is 6.61 Å². The Morgan fingerprint density at radius 2 is 2.07 bits per heavy atom. The third-order valence-corrected chi connectivity index (χ3v) is 5.00. The summed E-state index contributed by atoms with van der Waals surface area (Å²) < 4.78 is 23.7. The lowest BCUT2D eigenvalue weighted by molar-refractivity contribution is -0.142. The fraction of sp³-hybridized carbons (Fsp3) is 0.579. The van der Waals surface area contributed by atoms with E-state index in [1.807, 2.05) is 0 Å². The molecule has 7 nitrogen and oxygen atoms in total. The normalized spacial score (nSPS) is 25.7. The van der Waals surface area contributed by atoms with Gasteiger partial charge in [0, 0.05) is 25.1 Å². The van der Waals surface area contributed by atoms with Gasteiger partial charge >= 0.3 is 0 Å². The van der Waals surface area contributed by atoms with E-state index >= 15 is 0 Å². The molecule has 2 amide bonds. The van der Waals surface area contributed by atoms with E-state index in [4.69, 9.17) is 9.47 Å². The fourth-order valence-corrected chi connectivity index (χ4v) is 3.53. The SMILES string of the molecule is O=C(COc1cccc(F)c1)N[C@@H]1C[C@@H](C(=O)N2CCOCC2)CC[C@H]1O. The molecular weight excluding hydrogens is 355 g/mol. The highest BCUT2D eigenvalue weighted by Crippen LogP contribution is 2.27. The number of benzene rings is 1. The van der Waals surface area contributed by atoms with Gasteiger partial charge in [0.1, 0.15) is 11.6 Å². The van der Waals surface area contributed by atoms with Crippen molar-refractivity contribution in [2.24, 2.45) is 5.92 Å². The lowest BCUT2D eigenvalue weighted by atomic mass is 9.82. The van der Waals surface area contributed by atoms with E-state index in [1.165, 1.54) is 18.2 Å². The Bertz CT molecular complexity index is 665. The second kappa shape index (κ2) is 9.14. The first-order chi connectivity index (χ1) is 13.0. The number of halogens is 1. The van der Waals surface area contributed by atoms with Crippen molar-refractivity contribution in [1.29, 1.82) is 0 Å². The standard InChI is InChI=1S/C19H25FN2O5/c20-14-2-1-3-15(11-14)27-12-18(24)21-16-10-13(4-5-17(16)23)19(25)22-6-8-26-9-7-22/h1-3,11,13,16-17,23H,4-10,12H2,(H,21,24)/t13-,16+,17+/m0/s1. The molecule has 3 atom stereocenters. The molecule has 2 fully saturated rings. The minimum atomic E-state index is -0.697. The molecule has 2 N–H and O–H groups in total. The lowest BCUT2D eigenvalue weighted by Crippen LogP contribution is -2.52. The quantitative estimate of drug-likeness (QED) is 0.786. The molecule has 1 aromatic carbocycles. The highest BCUT2D eigenvalue weighted by molar-refractivity contribution is 5.80. The maximum atomic E-state index is 13.1. The predicted molar refractivity (Wildman–Crippen MR) is 94.6 cm³/mol. The topological polar surface area (TPSA) is 88.1 Å². The van der Waals surface area contributed by atoms with Crippen molar-refractivity contribution >= 4 is 11.8 Å². The Hall–Kier alpha value is -2.19. The number of aliphatic hydroxyl groups excluding tert-OH is 1.